The lowest BCUT2D eigenvalue weighted by Crippen LogP contribution is -2.19. The fourth-order valence-corrected chi connectivity index (χ4v) is 1.88. The molecule has 4 nitrogen and oxygen atoms in total. The van der Waals surface area contributed by atoms with Gasteiger partial charge in [-0.25, -0.2) is 5.48 Å². The molecule has 0 radical (unpaired) electrons. The number of aromatic nitrogens is 1. The van der Waals surface area contributed by atoms with Gasteiger partial charge in [0.2, 0.25) is 0 Å². The average Bonchev–Trinajstić information content (AvgIpc) is 2.27. The van der Waals surface area contributed by atoms with Crippen LogP contribution in [-0.2, 0) is 0 Å². The Morgan fingerprint density at radius 1 is 1.50 bits per heavy atom. The van der Waals surface area contributed by atoms with Crippen molar-refractivity contribution in [1.82, 2.24) is 10.5 Å². The summed E-state index contributed by atoms with van der Waals surface area (Å²) in [5.41, 5.74) is 3.09. The minimum Gasteiger partial charge on any atom is -0.288 e. The molecule has 0 fully saturated rings. The van der Waals surface area contributed by atoms with Crippen molar-refractivity contribution in [3.63, 3.8) is 0 Å². The van der Waals surface area contributed by atoms with Crippen LogP contribution in [0.2, 0.25) is 5.02 Å². The Labute approximate surface area is 96.8 Å². The van der Waals surface area contributed by atoms with E-state index in [0.29, 0.717) is 21.5 Å². The number of hydroxylamine groups is 1. The van der Waals surface area contributed by atoms with Crippen LogP contribution in [0.1, 0.15) is 16.1 Å². The first-order chi connectivity index (χ1) is 7.63. The number of nitrogens with zero attached hydrogens (tertiary/aromatic N) is 1. The Kier molecular flexibility index (Phi) is 2.77. The summed E-state index contributed by atoms with van der Waals surface area (Å²) in [6, 6.07) is 6.77. The Morgan fingerprint density at radius 2 is 2.25 bits per heavy atom. The zero-order valence-corrected chi connectivity index (χ0v) is 9.25. The van der Waals surface area contributed by atoms with Crippen molar-refractivity contribution in [2.24, 2.45) is 0 Å². The predicted molar refractivity (Wildman–Crippen MR) is 60.7 cm³/mol. The maximum absolute atomic E-state index is 11.4. The highest BCUT2D eigenvalue weighted by atomic mass is 35.5. The molecule has 16 heavy (non-hydrogen) atoms. The number of halogens is 1. The van der Waals surface area contributed by atoms with Gasteiger partial charge in [0.25, 0.3) is 5.91 Å². The summed E-state index contributed by atoms with van der Waals surface area (Å²) in [4.78, 5) is 15.7. The Morgan fingerprint density at radius 3 is 2.94 bits per heavy atom. The van der Waals surface area contributed by atoms with Gasteiger partial charge in [0.15, 0.2) is 0 Å². The van der Waals surface area contributed by atoms with Crippen LogP contribution in [0.4, 0.5) is 0 Å². The van der Waals surface area contributed by atoms with E-state index in [1.54, 1.807) is 36.7 Å². The first kappa shape index (κ1) is 10.9. The van der Waals surface area contributed by atoms with Gasteiger partial charge < -0.3 is 0 Å². The molecule has 5 heteroatoms. The van der Waals surface area contributed by atoms with Gasteiger partial charge >= 0.3 is 0 Å². The van der Waals surface area contributed by atoms with Crippen molar-refractivity contribution < 1.29 is 10.0 Å². The van der Waals surface area contributed by atoms with Crippen molar-refractivity contribution in [2.45, 2.75) is 6.92 Å². The third-order valence-electron chi connectivity index (χ3n) is 2.26. The minimum atomic E-state index is -0.597. The van der Waals surface area contributed by atoms with Gasteiger partial charge in [-0.05, 0) is 19.1 Å². The summed E-state index contributed by atoms with van der Waals surface area (Å²) in [6.45, 7) is 1.79. The van der Waals surface area contributed by atoms with Crippen LogP contribution in [0, 0.1) is 6.92 Å². The molecule has 2 aromatic rings. The van der Waals surface area contributed by atoms with Crippen molar-refractivity contribution in [2.75, 3.05) is 0 Å². The van der Waals surface area contributed by atoms with Crippen LogP contribution in [0.3, 0.4) is 0 Å². The number of nitrogens with one attached hydrogen (secondary N) is 1. The summed E-state index contributed by atoms with van der Waals surface area (Å²) in [7, 11) is 0. The number of aryl methyl sites for hydroxylation is 1. The largest absolute Gasteiger partial charge is 0.288 e. The van der Waals surface area contributed by atoms with Gasteiger partial charge in [0, 0.05) is 11.1 Å². The molecule has 1 aromatic carbocycles. The van der Waals surface area contributed by atoms with E-state index in [0.717, 1.165) is 5.69 Å². The number of carbonyl (C=O) groups excluding carboxylic acids is 1. The molecule has 1 aromatic heterocycles. The second-order valence-corrected chi connectivity index (χ2v) is 3.80. The van der Waals surface area contributed by atoms with Gasteiger partial charge in [0.1, 0.15) is 0 Å². The van der Waals surface area contributed by atoms with E-state index in [4.69, 9.17) is 16.8 Å². The molecule has 82 valence electrons. The molecule has 0 bridgehead atoms. The molecule has 0 saturated heterocycles. The molecule has 2 N–H and O–H groups in total. The van der Waals surface area contributed by atoms with Crippen molar-refractivity contribution >= 4 is 28.4 Å². The van der Waals surface area contributed by atoms with E-state index in [9.17, 15) is 4.79 Å². The molecular weight excluding hydrogens is 228 g/mol. The molecule has 0 aliphatic heterocycles. The monoisotopic (exact) mass is 236 g/mol. The Balaban J connectivity index is 2.81. The smallest absolute Gasteiger partial charge is 0.276 e. The van der Waals surface area contributed by atoms with Crippen LogP contribution in [0.15, 0.2) is 24.3 Å². The topological polar surface area (TPSA) is 62.2 Å². The zero-order chi connectivity index (χ0) is 11.7. The first-order valence-corrected chi connectivity index (χ1v) is 5.01. The predicted octanol–water partition coefficient (Wildman–Crippen LogP) is 2.32. The second kappa shape index (κ2) is 4.08. The summed E-state index contributed by atoms with van der Waals surface area (Å²) in [5, 5.41) is 9.85. The quantitative estimate of drug-likeness (QED) is 0.590. The molecule has 0 spiro atoms. The van der Waals surface area contributed by atoms with Crippen LogP contribution >= 0.6 is 11.6 Å². The van der Waals surface area contributed by atoms with Crippen LogP contribution in [0.5, 0.6) is 0 Å². The number of fused-ring (bicyclic) bond motifs is 1. The van der Waals surface area contributed by atoms with Crippen LogP contribution in [-0.4, -0.2) is 16.1 Å². The van der Waals surface area contributed by atoms with E-state index < -0.39 is 5.91 Å². The molecule has 2 rings (SSSR count). The van der Waals surface area contributed by atoms with Gasteiger partial charge in [-0.2, -0.15) is 0 Å². The summed E-state index contributed by atoms with van der Waals surface area (Å²) < 4.78 is 0. The fourth-order valence-electron chi connectivity index (χ4n) is 1.57. The normalized spacial score (nSPS) is 10.4. The number of rotatable bonds is 1. The molecule has 1 heterocycles. The average molecular weight is 237 g/mol. The van der Waals surface area contributed by atoms with Crippen LogP contribution in [0.25, 0.3) is 10.9 Å². The Hall–Kier alpha value is -1.65. The van der Waals surface area contributed by atoms with Crippen molar-refractivity contribution in [3.8, 4) is 0 Å². The highest BCUT2D eigenvalue weighted by Crippen LogP contribution is 2.25. The van der Waals surface area contributed by atoms with E-state index in [1.807, 2.05) is 0 Å². The standard InChI is InChI=1S/C11H9ClN2O2/c1-6-5-9(12)7-3-2-4-8(10(7)13-6)11(15)14-16/h2-5,16H,1H3,(H,14,15). The number of para-hydroxylation sites is 1. The summed E-state index contributed by atoms with van der Waals surface area (Å²) in [5.74, 6) is -0.597. The molecule has 1 amide bonds. The molecule has 0 aliphatic carbocycles. The number of benzene rings is 1. The maximum Gasteiger partial charge on any atom is 0.276 e. The number of pyridine rings is 1. The molecule has 0 saturated carbocycles. The SMILES string of the molecule is Cc1cc(Cl)c2cccc(C(=O)NO)c2n1. The van der Waals surface area contributed by atoms with E-state index in [1.165, 1.54) is 0 Å². The lowest BCUT2D eigenvalue weighted by molar-refractivity contribution is 0.0708. The fraction of sp³-hybridized carbons (Fsp3) is 0.0909. The summed E-state index contributed by atoms with van der Waals surface area (Å²) in [6.07, 6.45) is 0. The van der Waals surface area contributed by atoms with E-state index in [2.05, 4.69) is 4.98 Å². The molecular formula is C11H9ClN2O2. The first-order valence-electron chi connectivity index (χ1n) is 4.64. The van der Waals surface area contributed by atoms with Gasteiger partial charge in [-0.3, -0.25) is 15.0 Å². The summed E-state index contributed by atoms with van der Waals surface area (Å²) >= 11 is 6.05. The lowest BCUT2D eigenvalue weighted by Gasteiger charge is -2.06. The van der Waals surface area contributed by atoms with E-state index in [-0.39, 0.29) is 0 Å². The number of carbonyl (C=O) groups is 1. The Bertz CT molecular complexity index is 569. The van der Waals surface area contributed by atoms with Crippen molar-refractivity contribution in [1.29, 1.82) is 0 Å². The van der Waals surface area contributed by atoms with E-state index >= 15 is 0 Å². The van der Waals surface area contributed by atoms with Gasteiger partial charge in [-0.15, -0.1) is 0 Å². The van der Waals surface area contributed by atoms with Gasteiger partial charge in [-0.1, -0.05) is 23.7 Å². The number of hydrogen-bond donors (Lipinski definition) is 2. The highest BCUT2D eigenvalue weighted by molar-refractivity contribution is 6.35. The number of amides is 1. The maximum atomic E-state index is 11.4. The minimum absolute atomic E-state index is 0.297. The lowest BCUT2D eigenvalue weighted by atomic mass is 10.1. The second-order valence-electron chi connectivity index (χ2n) is 3.39. The highest BCUT2D eigenvalue weighted by Gasteiger charge is 2.12. The van der Waals surface area contributed by atoms with Crippen LogP contribution < -0.4 is 5.48 Å². The molecule has 0 atom stereocenters. The molecule has 0 unspecified atom stereocenters. The third kappa shape index (κ3) is 1.73. The van der Waals surface area contributed by atoms with Gasteiger partial charge in [0.05, 0.1) is 16.1 Å². The molecule has 0 aliphatic rings. The third-order valence-corrected chi connectivity index (χ3v) is 2.58. The number of hydrogen-bond acceptors (Lipinski definition) is 3. The zero-order valence-electron chi connectivity index (χ0n) is 8.49. The van der Waals surface area contributed by atoms with Crippen molar-refractivity contribution in [3.05, 3.63) is 40.5 Å².